The number of amides is 1. The van der Waals surface area contributed by atoms with Gasteiger partial charge in [0.2, 0.25) is 0 Å². The van der Waals surface area contributed by atoms with Gasteiger partial charge in [0.25, 0.3) is 5.91 Å². The number of carbonyl (C=O) groups excluding carboxylic acids is 1. The van der Waals surface area contributed by atoms with Crippen molar-refractivity contribution in [3.05, 3.63) is 30.0 Å². The molecule has 2 aromatic rings. The summed E-state index contributed by atoms with van der Waals surface area (Å²) in [5.41, 5.74) is 1.26. The summed E-state index contributed by atoms with van der Waals surface area (Å²) >= 11 is 0. The highest BCUT2D eigenvalue weighted by Gasteiger charge is 2.21. The molecular weight excluding hydrogens is 306 g/mol. The molecule has 2 heterocycles. The number of hydrogen-bond acceptors (Lipinski definition) is 5. The van der Waals surface area contributed by atoms with Crippen LogP contribution >= 0.6 is 0 Å². The number of nitriles is 1. The third-order valence-electron chi connectivity index (χ3n) is 4.24. The van der Waals surface area contributed by atoms with Crippen LogP contribution in [0.15, 0.2) is 24.3 Å². The predicted molar refractivity (Wildman–Crippen MR) is 89.5 cm³/mol. The molecule has 0 radical (unpaired) electrons. The lowest BCUT2D eigenvalue weighted by Gasteiger charge is -2.29. The van der Waals surface area contributed by atoms with E-state index >= 15 is 0 Å². The minimum absolute atomic E-state index is 0.129. The lowest BCUT2D eigenvalue weighted by atomic mass is 10.2. The number of morpholine rings is 1. The Morgan fingerprint density at radius 1 is 1.33 bits per heavy atom. The molecule has 1 fully saturated rings. The van der Waals surface area contributed by atoms with E-state index in [1.54, 1.807) is 4.90 Å². The van der Waals surface area contributed by atoms with Gasteiger partial charge >= 0.3 is 0 Å². The molecule has 24 heavy (non-hydrogen) atoms. The highest BCUT2D eigenvalue weighted by Crippen LogP contribution is 2.17. The fourth-order valence-corrected chi connectivity index (χ4v) is 2.86. The van der Waals surface area contributed by atoms with Crippen LogP contribution in [0, 0.1) is 11.3 Å². The summed E-state index contributed by atoms with van der Waals surface area (Å²) in [6, 6.07) is 9.69. The first-order chi connectivity index (χ1) is 11.8. The number of fused-ring (bicyclic) bond motifs is 1. The average Bonchev–Trinajstić information content (AvgIpc) is 3.06. The van der Waals surface area contributed by atoms with Crippen molar-refractivity contribution in [3.8, 4) is 6.07 Å². The maximum absolute atomic E-state index is 12.9. The molecule has 0 bridgehead atoms. The van der Waals surface area contributed by atoms with Gasteiger partial charge in [-0.15, -0.1) is 0 Å². The minimum Gasteiger partial charge on any atom is -0.379 e. The lowest BCUT2D eigenvalue weighted by molar-refractivity contribution is 0.0326. The smallest absolute Gasteiger partial charge is 0.275 e. The van der Waals surface area contributed by atoms with Crippen molar-refractivity contribution < 1.29 is 9.53 Å². The van der Waals surface area contributed by atoms with Gasteiger partial charge in [0.15, 0.2) is 5.69 Å². The molecule has 0 aliphatic carbocycles. The Bertz CT molecular complexity index is 730. The van der Waals surface area contributed by atoms with E-state index in [1.165, 1.54) is 0 Å². The second-order valence-corrected chi connectivity index (χ2v) is 5.77. The number of hydrogen-bond donors (Lipinski definition) is 1. The van der Waals surface area contributed by atoms with Gasteiger partial charge in [0.1, 0.15) is 0 Å². The van der Waals surface area contributed by atoms with Crippen molar-refractivity contribution in [3.63, 3.8) is 0 Å². The number of aromatic nitrogens is 2. The molecule has 3 rings (SSSR count). The number of aromatic amines is 1. The summed E-state index contributed by atoms with van der Waals surface area (Å²) in [4.78, 5) is 16.9. The van der Waals surface area contributed by atoms with E-state index in [-0.39, 0.29) is 5.91 Å². The van der Waals surface area contributed by atoms with Crippen molar-refractivity contribution >= 4 is 16.8 Å². The van der Waals surface area contributed by atoms with E-state index in [1.807, 2.05) is 24.3 Å². The van der Waals surface area contributed by atoms with Crippen molar-refractivity contribution in [1.29, 1.82) is 5.26 Å². The first kappa shape index (κ1) is 16.4. The summed E-state index contributed by atoms with van der Waals surface area (Å²) < 4.78 is 5.35. The zero-order valence-corrected chi connectivity index (χ0v) is 13.6. The maximum atomic E-state index is 12.9. The zero-order valence-electron chi connectivity index (χ0n) is 13.6. The predicted octanol–water partition coefficient (Wildman–Crippen LogP) is 1.25. The lowest BCUT2D eigenvalue weighted by Crippen LogP contribution is -2.43. The molecule has 1 amide bonds. The molecule has 1 aromatic carbocycles. The normalized spacial score (nSPS) is 15.3. The van der Waals surface area contributed by atoms with Crippen LogP contribution in [0.3, 0.4) is 0 Å². The average molecular weight is 327 g/mol. The summed E-state index contributed by atoms with van der Waals surface area (Å²) in [5, 5.41) is 16.8. The van der Waals surface area contributed by atoms with E-state index in [4.69, 9.17) is 10.00 Å². The van der Waals surface area contributed by atoms with Gasteiger partial charge in [-0.2, -0.15) is 10.4 Å². The standard InChI is InChI=1S/C17H21N5O2/c18-6-3-7-22(9-8-21-10-12-24-13-11-21)17(23)16-14-4-1-2-5-15(14)19-20-16/h1-2,4-5H,3,7-13H2,(H,19,20). The largest absolute Gasteiger partial charge is 0.379 e. The summed E-state index contributed by atoms with van der Waals surface area (Å²) in [7, 11) is 0. The van der Waals surface area contributed by atoms with Gasteiger partial charge in [-0.3, -0.25) is 14.8 Å². The van der Waals surface area contributed by atoms with Crippen LogP contribution in [-0.4, -0.2) is 71.8 Å². The molecule has 0 unspecified atom stereocenters. The molecule has 1 aliphatic heterocycles. The van der Waals surface area contributed by atoms with Crippen molar-refractivity contribution in [2.24, 2.45) is 0 Å². The van der Waals surface area contributed by atoms with Crippen molar-refractivity contribution in [1.82, 2.24) is 20.0 Å². The first-order valence-electron chi connectivity index (χ1n) is 8.19. The third kappa shape index (κ3) is 3.72. The number of nitrogens with zero attached hydrogens (tertiary/aromatic N) is 4. The summed E-state index contributed by atoms with van der Waals surface area (Å²) in [6.45, 7) is 5.01. The van der Waals surface area contributed by atoms with Crippen LogP contribution in [0.2, 0.25) is 0 Å². The molecule has 1 N–H and O–H groups in total. The SMILES string of the molecule is N#CCCN(CCN1CCOCC1)C(=O)c1n[nH]c2ccccc12. The van der Waals surface area contributed by atoms with Gasteiger partial charge in [0, 0.05) is 38.1 Å². The Morgan fingerprint density at radius 3 is 2.92 bits per heavy atom. The molecule has 1 aliphatic rings. The number of nitrogens with one attached hydrogen (secondary N) is 1. The van der Waals surface area contributed by atoms with E-state index in [0.29, 0.717) is 25.2 Å². The van der Waals surface area contributed by atoms with Gasteiger partial charge in [-0.25, -0.2) is 0 Å². The zero-order chi connectivity index (χ0) is 16.8. The second-order valence-electron chi connectivity index (χ2n) is 5.77. The number of ether oxygens (including phenoxy) is 1. The van der Waals surface area contributed by atoms with Crippen molar-refractivity contribution in [2.45, 2.75) is 6.42 Å². The summed E-state index contributed by atoms with van der Waals surface area (Å²) in [5.74, 6) is -0.129. The summed E-state index contributed by atoms with van der Waals surface area (Å²) in [6.07, 6.45) is 0.317. The Labute approximate surface area is 140 Å². The number of benzene rings is 1. The van der Waals surface area contributed by atoms with Crippen LogP contribution < -0.4 is 0 Å². The fraction of sp³-hybridized carbons (Fsp3) is 0.471. The number of rotatable bonds is 6. The van der Waals surface area contributed by atoms with Gasteiger partial charge in [-0.1, -0.05) is 18.2 Å². The molecule has 7 nitrogen and oxygen atoms in total. The highest BCUT2D eigenvalue weighted by atomic mass is 16.5. The molecule has 0 saturated carbocycles. The molecule has 0 atom stereocenters. The number of carbonyl (C=O) groups is 1. The van der Waals surface area contributed by atoms with Crippen LogP contribution in [0.25, 0.3) is 10.9 Å². The molecular formula is C17H21N5O2. The maximum Gasteiger partial charge on any atom is 0.275 e. The van der Waals surface area contributed by atoms with Gasteiger partial charge < -0.3 is 9.64 Å². The Morgan fingerprint density at radius 2 is 2.12 bits per heavy atom. The molecule has 126 valence electrons. The van der Waals surface area contributed by atoms with Crippen LogP contribution in [0.5, 0.6) is 0 Å². The highest BCUT2D eigenvalue weighted by molar-refractivity contribution is 6.04. The fourth-order valence-electron chi connectivity index (χ4n) is 2.86. The van der Waals surface area contributed by atoms with E-state index in [0.717, 1.165) is 43.8 Å². The van der Waals surface area contributed by atoms with E-state index in [9.17, 15) is 4.79 Å². The second kappa shape index (κ2) is 7.90. The van der Waals surface area contributed by atoms with Crippen LogP contribution in [0.1, 0.15) is 16.9 Å². The first-order valence-corrected chi connectivity index (χ1v) is 8.19. The number of H-pyrrole nitrogens is 1. The van der Waals surface area contributed by atoms with Gasteiger partial charge in [-0.05, 0) is 6.07 Å². The molecule has 7 heteroatoms. The third-order valence-corrected chi connectivity index (χ3v) is 4.24. The Balaban J connectivity index is 1.72. The van der Waals surface area contributed by atoms with Gasteiger partial charge in [0.05, 0.1) is 31.2 Å². The van der Waals surface area contributed by atoms with Crippen LogP contribution in [0.4, 0.5) is 0 Å². The monoisotopic (exact) mass is 327 g/mol. The Hall–Kier alpha value is -2.43. The topological polar surface area (TPSA) is 85.2 Å². The van der Waals surface area contributed by atoms with E-state index in [2.05, 4.69) is 21.2 Å². The molecule has 1 aromatic heterocycles. The van der Waals surface area contributed by atoms with Crippen LogP contribution in [-0.2, 0) is 4.74 Å². The number of para-hydroxylation sites is 1. The quantitative estimate of drug-likeness (QED) is 0.863. The molecule has 1 saturated heterocycles. The minimum atomic E-state index is -0.129. The molecule has 0 spiro atoms. The van der Waals surface area contributed by atoms with Crippen molar-refractivity contribution in [2.75, 3.05) is 45.9 Å². The van der Waals surface area contributed by atoms with E-state index < -0.39 is 0 Å². The Kier molecular flexibility index (Phi) is 5.41.